The summed E-state index contributed by atoms with van der Waals surface area (Å²) in [5.74, 6) is 0. The Hall–Kier alpha value is -1.69. The molecular formula is C22H20MgN4-2. The molecule has 8 bridgehead atoms. The average Bonchev–Trinajstić information content (AvgIpc) is 3.38. The van der Waals surface area contributed by atoms with Crippen molar-refractivity contribution in [3.8, 4) is 0 Å². The number of aromatic nitrogens is 2. The van der Waals surface area contributed by atoms with Crippen molar-refractivity contribution in [1.82, 2.24) is 9.97 Å². The van der Waals surface area contributed by atoms with Crippen LogP contribution in [-0.2, 0) is 6.42 Å². The van der Waals surface area contributed by atoms with Crippen LogP contribution in [0.25, 0.3) is 28.4 Å². The van der Waals surface area contributed by atoms with Crippen molar-refractivity contribution in [1.29, 1.82) is 0 Å². The Bertz CT molecular complexity index is 1070. The van der Waals surface area contributed by atoms with Crippen molar-refractivity contribution >= 4 is 40.8 Å². The Kier molecular flexibility index (Phi) is 4.34. The van der Waals surface area contributed by atoms with Crippen LogP contribution in [-0.4, -0.2) is 35.1 Å². The molecule has 5 heteroatoms. The van der Waals surface area contributed by atoms with E-state index in [1.807, 2.05) is 0 Å². The van der Waals surface area contributed by atoms with E-state index in [1.165, 1.54) is 22.2 Å². The number of hydrogen-bond donors (Lipinski definition) is 0. The molecular weight excluding hydrogens is 345 g/mol. The normalized spacial score (nSPS) is 30.5. The molecule has 4 aliphatic rings. The fraction of sp³-hybridized carbons (Fsp3) is 0.364. The summed E-state index contributed by atoms with van der Waals surface area (Å²) < 4.78 is 0. The van der Waals surface area contributed by atoms with Gasteiger partial charge in [0.15, 0.2) is 0 Å². The maximum Gasteiger partial charge on any atom is 2.00 e. The second-order valence-electron chi connectivity index (χ2n) is 7.73. The van der Waals surface area contributed by atoms with Crippen molar-refractivity contribution in [2.24, 2.45) is 0 Å². The molecule has 0 saturated carbocycles. The largest absolute Gasteiger partial charge is 2.00 e. The maximum atomic E-state index is 5.11. The van der Waals surface area contributed by atoms with Gasteiger partial charge in [-0.1, -0.05) is 48.8 Å². The molecule has 0 aromatic carbocycles. The van der Waals surface area contributed by atoms with Gasteiger partial charge in [0.1, 0.15) is 0 Å². The Morgan fingerprint density at radius 3 is 2.63 bits per heavy atom. The molecule has 1 aliphatic carbocycles. The smallest absolute Gasteiger partial charge is 0.665 e. The molecule has 0 spiro atoms. The summed E-state index contributed by atoms with van der Waals surface area (Å²) in [6, 6.07) is 7.03. The molecule has 4 nitrogen and oxygen atoms in total. The third-order valence-electron chi connectivity index (χ3n) is 5.95. The summed E-state index contributed by atoms with van der Waals surface area (Å²) in [7, 11) is 0. The van der Waals surface area contributed by atoms with Gasteiger partial charge in [-0.25, -0.2) is 0 Å². The average molecular weight is 365 g/mol. The van der Waals surface area contributed by atoms with Crippen LogP contribution in [0.15, 0.2) is 35.7 Å². The van der Waals surface area contributed by atoms with Crippen molar-refractivity contribution in [3.05, 3.63) is 74.0 Å². The molecule has 0 N–H and O–H groups in total. The van der Waals surface area contributed by atoms with Crippen LogP contribution >= 0.6 is 0 Å². The summed E-state index contributed by atoms with van der Waals surface area (Å²) in [5, 5.41) is 12.2. The monoisotopic (exact) mass is 364 g/mol. The summed E-state index contributed by atoms with van der Waals surface area (Å²) in [6.07, 6.45) is 13.0. The summed E-state index contributed by atoms with van der Waals surface area (Å²) in [4.78, 5) is 9.65. The van der Waals surface area contributed by atoms with E-state index in [0.29, 0.717) is 12.1 Å². The summed E-state index contributed by atoms with van der Waals surface area (Å²) in [5.41, 5.74) is 7.12. The number of hydrogen-bond acceptors (Lipinski definition) is 0. The minimum absolute atomic E-state index is 0. The number of aryl methyl sites for hydroxylation is 1. The molecule has 2 unspecified atom stereocenters. The van der Waals surface area contributed by atoms with E-state index >= 15 is 0 Å². The van der Waals surface area contributed by atoms with Gasteiger partial charge < -0.3 is 20.6 Å². The van der Waals surface area contributed by atoms with Crippen LogP contribution < -0.4 is 20.7 Å². The van der Waals surface area contributed by atoms with Crippen molar-refractivity contribution in [3.63, 3.8) is 0 Å². The minimum atomic E-state index is 0. The standard InChI is InChI=1S/C22H20N4.Mg/c1-7-20-21-8-6-18(25-21)11-16-3-2-14(23-16)10-15-4-5-17(24-15)12-19-9-13(1)22(20)26-19;/h4-5,9-12,18,21H,1-3,6-8H2;/q-4;+2/b14-10-,16-11-,19-12-;. The molecule has 3 aliphatic heterocycles. The fourth-order valence-corrected chi connectivity index (χ4v) is 4.71. The van der Waals surface area contributed by atoms with Gasteiger partial charge in [0.25, 0.3) is 0 Å². The molecule has 2 saturated heterocycles. The molecule has 27 heavy (non-hydrogen) atoms. The Morgan fingerprint density at radius 1 is 0.852 bits per heavy atom. The molecule has 2 aromatic heterocycles. The minimum Gasteiger partial charge on any atom is -0.665 e. The first-order valence-electron chi connectivity index (χ1n) is 9.64. The van der Waals surface area contributed by atoms with E-state index in [1.54, 1.807) is 0 Å². The number of nitrogens with zero attached hydrogens (tertiary/aromatic N) is 4. The summed E-state index contributed by atoms with van der Waals surface area (Å²) >= 11 is 0. The van der Waals surface area contributed by atoms with E-state index < -0.39 is 0 Å². The first-order chi connectivity index (χ1) is 12.8. The third kappa shape index (κ3) is 3.12. The molecule has 0 radical (unpaired) electrons. The molecule has 2 atom stereocenters. The Labute approximate surface area is 175 Å². The molecule has 5 heterocycles. The second kappa shape index (κ2) is 6.73. The second-order valence-corrected chi connectivity index (χ2v) is 7.73. The zero-order valence-corrected chi connectivity index (χ0v) is 16.8. The van der Waals surface area contributed by atoms with Gasteiger partial charge in [0.2, 0.25) is 0 Å². The molecule has 132 valence electrons. The molecule has 2 aromatic rings. The third-order valence-corrected chi connectivity index (χ3v) is 5.95. The van der Waals surface area contributed by atoms with Crippen molar-refractivity contribution in [2.75, 3.05) is 0 Å². The fourth-order valence-electron chi connectivity index (χ4n) is 4.71. The van der Waals surface area contributed by atoms with Crippen molar-refractivity contribution in [2.45, 2.75) is 50.6 Å². The van der Waals surface area contributed by atoms with E-state index in [0.717, 1.165) is 61.0 Å². The topological polar surface area (TPSA) is 56.4 Å². The van der Waals surface area contributed by atoms with Gasteiger partial charge in [-0.15, -0.1) is 45.8 Å². The zero-order chi connectivity index (χ0) is 17.1. The van der Waals surface area contributed by atoms with Gasteiger partial charge in [-0.05, 0) is 25.7 Å². The van der Waals surface area contributed by atoms with Gasteiger partial charge in [0.05, 0.1) is 0 Å². The van der Waals surface area contributed by atoms with E-state index in [-0.39, 0.29) is 23.1 Å². The van der Waals surface area contributed by atoms with Gasteiger partial charge >= 0.3 is 23.1 Å². The Morgan fingerprint density at radius 2 is 1.70 bits per heavy atom. The van der Waals surface area contributed by atoms with Crippen LogP contribution in [0, 0.1) is 0 Å². The number of rotatable bonds is 0. The van der Waals surface area contributed by atoms with Crippen LogP contribution in [0.5, 0.6) is 0 Å². The number of allylic oxidation sites excluding steroid dienone is 2. The van der Waals surface area contributed by atoms with Gasteiger partial charge in [0, 0.05) is 0 Å². The molecule has 0 amide bonds. The Balaban J connectivity index is 0.00000160. The maximum absolute atomic E-state index is 5.11. The van der Waals surface area contributed by atoms with Gasteiger partial charge in [-0.2, -0.15) is 11.4 Å². The van der Waals surface area contributed by atoms with Crippen LogP contribution in [0.2, 0.25) is 0 Å². The zero-order valence-electron chi connectivity index (χ0n) is 15.4. The first-order valence-corrected chi connectivity index (χ1v) is 9.64. The predicted octanol–water partition coefficient (Wildman–Crippen LogP) is 2.46. The van der Waals surface area contributed by atoms with Crippen LogP contribution in [0.3, 0.4) is 0 Å². The van der Waals surface area contributed by atoms with Gasteiger partial charge in [-0.3, -0.25) is 0 Å². The quantitative estimate of drug-likeness (QED) is 0.674. The molecule has 2 fully saturated rings. The molecule has 6 rings (SSSR count). The summed E-state index contributed by atoms with van der Waals surface area (Å²) in [6.45, 7) is 0. The predicted molar refractivity (Wildman–Crippen MR) is 109 cm³/mol. The SMILES string of the molecule is C1=C2/CC/C(=C/C3CCC([N-]3)C3=c4[n-]/c(cc4CC3)=C\c3ccc/1[n-]3)[N-]2.[Mg+2]. The first kappa shape index (κ1) is 17.4. The van der Waals surface area contributed by atoms with Crippen molar-refractivity contribution < 1.29 is 0 Å². The van der Waals surface area contributed by atoms with E-state index in [9.17, 15) is 0 Å². The van der Waals surface area contributed by atoms with E-state index in [2.05, 4.69) is 36.4 Å². The van der Waals surface area contributed by atoms with Crippen LogP contribution in [0.1, 0.15) is 49.1 Å². The van der Waals surface area contributed by atoms with E-state index in [4.69, 9.17) is 20.6 Å². The van der Waals surface area contributed by atoms with Crippen LogP contribution in [0.4, 0.5) is 0 Å². The number of fused-ring (bicyclic) bond motifs is 8.